The summed E-state index contributed by atoms with van der Waals surface area (Å²) in [6, 6.07) is 11.0. The molecule has 0 spiro atoms. The van der Waals surface area contributed by atoms with Crippen LogP contribution >= 0.6 is 23.2 Å². The summed E-state index contributed by atoms with van der Waals surface area (Å²) in [5.41, 5.74) is 1.67. The summed E-state index contributed by atoms with van der Waals surface area (Å²) in [7, 11) is 0. The second kappa shape index (κ2) is 10.1. The maximum absolute atomic E-state index is 12.1. The molecule has 0 bridgehead atoms. The van der Waals surface area contributed by atoms with Crippen LogP contribution in [0.1, 0.15) is 12.0 Å². The Hall–Kier alpha value is -3.36. The van der Waals surface area contributed by atoms with Gasteiger partial charge in [-0.15, -0.1) is 0 Å². The first kappa shape index (κ1) is 22.3. The van der Waals surface area contributed by atoms with E-state index in [0.29, 0.717) is 27.0 Å². The topological polar surface area (TPSA) is 108 Å². The highest BCUT2D eigenvalue weighted by Crippen LogP contribution is 2.22. The van der Waals surface area contributed by atoms with E-state index in [1.807, 2.05) is 0 Å². The molecule has 1 aliphatic rings. The van der Waals surface area contributed by atoms with Gasteiger partial charge in [0, 0.05) is 40.5 Å². The number of hydrogen-bond donors (Lipinski definition) is 3. The van der Waals surface area contributed by atoms with Gasteiger partial charge in [-0.1, -0.05) is 23.2 Å². The maximum atomic E-state index is 12.1. The van der Waals surface area contributed by atoms with E-state index in [1.54, 1.807) is 48.5 Å². The third kappa shape index (κ3) is 6.31. The van der Waals surface area contributed by atoms with Gasteiger partial charge < -0.3 is 16.0 Å². The third-order valence-corrected chi connectivity index (χ3v) is 4.89. The van der Waals surface area contributed by atoms with E-state index in [-0.39, 0.29) is 37.2 Å². The Morgan fingerprint density at radius 1 is 1.03 bits per heavy atom. The number of carbonyl (C=O) groups is 4. The molecule has 3 N–H and O–H groups in total. The first-order valence-electron chi connectivity index (χ1n) is 9.24. The number of urea groups is 1. The van der Waals surface area contributed by atoms with Gasteiger partial charge in [-0.25, -0.2) is 4.79 Å². The minimum absolute atomic E-state index is 0.00756. The van der Waals surface area contributed by atoms with Crippen LogP contribution in [0, 0.1) is 0 Å². The lowest BCUT2D eigenvalue weighted by molar-refractivity contribution is -0.125. The number of anilines is 2. The fraction of sp³-hybridized carbons (Fsp3) is 0.143. The lowest BCUT2D eigenvalue weighted by atomic mass is 10.2. The van der Waals surface area contributed by atoms with Gasteiger partial charge in [0.05, 0.1) is 6.54 Å². The van der Waals surface area contributed by atoms with Gasteiger partial charge in [0.25, 0.3) is 0 Å². The second-order valence-corrected chi connectivity index (χ2v) is 7.41. The first-order valence-corrected chi connectivity index (χ1v) is 9.99. The number of hydrogen-bond acceptors (Lipinski definition) is 4. The van der Waals surface area contributed by atoms with Crippen LogP contribution in [-0.4, -0.2) is 41.7 Å². The van der Waals surface area contributed by atoms with Crippen molar-refractivity contribution in [3.8, 4) is 0 Å². The SMILES string of the molecule is O=C(C=Cc1cc(Cl)ccc1Cl)Nc1ccc(NC(=O)CCN2C(=O)CNC2=O)cc1. The molecule has 1 saturated heterocycles. The fourth-order valence-electron chi connectivity index (χ4n) is 2.75. The molecule has 3 rings (SSSR count). The molecule has 31 heavy (non-hydrogen) atoms. The highest BCUT2D eigenvalue weighted by Gasteiger charge is 2.28. The smallest absolute Gasteiger partial charge is 0.324 e. The quantitative estimate of drug-likeness (QED) is 0.433. The van der Waals surface area contributed by atoms with Crippen LogP contribution in [0.4, 0.5) is 16.2 Å². The van der Waals surface area contributed by atoms with E-state index in [4.69, 9.17) is 23.2 Å². The summed E-state index contributed by atoms with van der Waals surface area (Å²) < 4.78 is 0. The predicted octanol–water partition coefficient (Wildman–Crippen LogP) is 3.53. The second-order valence-electron chi connectivity index (χ2n) is 6.57. The molecule has 8 nitrogen and oxygen atoms in total. The highest BCUT2D eigenvalue weighted by molar-refractivity contribution is 6.34. The van der Waals surface area contributed by atoms with Crippen molar-refractivity contribution in [3.63, 3.8) is 0 Å². The van der Waals surface area contributed by atoms with Crippen LogP contribution in [0.3, 0.4) is 0 Å². The Morgan fingerprint density at radius 3 is 2.35 bits per heavy atom. The zero-order valence-electron chi connectivity index (χ0n) is 16.2. The molecule has 1 heterocycles. The molecule has 0 radical (unpaired) electrons. The summed E-state index contributed by atoms with van der Waals surface area (Å²) in [4.78, 5) is 48.1. The number of nitrogens with zero attached hydrogens (tertiary/aromatic N) is 1. The van der Waals surface area contributed by atoms with Crippen LogP contribution < -0.4 is 16.0 Å². The Morgan fingerprint density at radius 2 is 1.71 bits per heavy atom. The van der Waals surface area contributed by atoms with E-state index >= 15 is 0 Å². The summed E-state index contributed by atoms with van der Waals surface area (Å²) in [6.45, 7) is -0.0391. The van der Waals surface area contributed by atoms with Crippen molar-refractivity contribution < 1.29 is 19.2 Å². The zero-order chi connectivity index (χ0) is 22.4. The highest BCUT2D eigenvalue weighted by atomic mass is 35.5. The minimum atomic E-state index is -0.496. The molecule has 0 atom stereocenters. The van der Waals surface area contributed by atoms with Crippen molar-refractivity contribution in [2.75, 3.05) is 23.7 Å². The molecule has 160 valence electrons. The number of benzene rings is 2. The number of rotatable bonds is 7. The Balaban J connectivity index is 1.49. The van der Waals surface area contributed by atoms with Gasteiger partial charge in [-0.05, 0) is 54.1 Å². The molecule has 0 unspecified atom stereocenters. The number of halogens is 2. The maximum Gasteiger partial charge on any atom is 0.324 e. The predicted molar refractivity (Wildman–Crippen MR) is 119 cm³/mol. The molecule has 0 saturated carbocycles. The summed E-state index contributed by atoms with van der Waals surface area (Å²) in [5.74, 6) is -1.06. The number of nitrogens with one attached hydrogen (secondary N) is 3. The van der Waals surface area contributed by atoms with Crippen LogP contribution in [0.25, 0.3) is 6.08 Å². The summed E-state index contributed by atoms with van der Waals surface area (Å²) in [5, 5.41) is 8.75. The largest absolute Gasteiger partial charge is 0.329 e. The molecule has 2 aromatic rings. The standard InChI is InChI=1S/C21H18Cl2N4O4/c22-14-2-7-17(23)13(11-14)1-8-18(28)25-15-3-5-16(6-4-15)26-19(29)9-10-27-20(30)12-24-21(27)31/h1-8,11H,9-10,12H2,(H,24,31)(H,25,28)(H,26,29). The molecule has 1 aliphatic heterocycles. The summed E-state index contributed by atoms with van der Waals surface area (Å²) >= 11 is 12.0. The van der Waals surface area contributed by atoms with Crippen LogP contribution in [-0.2, 0) is 14.4 Å². The Kier molecular flexibility index (Phi) is 7.28. The average molecular weight is 461 g/mol. The number of imide groups is 1. The Bertz CT molecular complexity index is 1040. The van der Waals surface area contributed by atoms with Crippen molar-refractivity contribution in [1.29, 1.82) is 0 Å². The van der Waals surface area contributed by atoms with Crippen LogP contribution in [0.15, 0.2) is 48.5 Å². The zero-order valence-corrected chi connectivity index (χ0v) is 17.7. The van der Waals surface area contributed by atoms with Crippen molar-refractivity contribution >= 4 is 64.4 Å². The molecular formula is C21H18Cl2N4O4. The van der Waals surface area contributed by atoms with E-state index in [9.17, 15) is 19.2 Å². The normalized spacial score (nSPS) is 13.4. The molecule has 0 aliphatic carbocycles. The average Bonchev–Trinajstić information content (AvgIpc) is 3.06. The van der Waals surface area contributed by atoms with Crippen molar-refractivity contribution in [1.82, 2.24) is 10.2 Å². The Labute approximate surface area is 188 Å². The summed E-state index contributed by atoms with van der Waals surface area (Å²) in [6.07, 6.45) is 2.88. The molecule has 1 fully saturated rings. The fourth-order valence-corrected chi connectivity index (χ4v) is 3.11. The lowest BCUT2D eigenvalue weighted by Gasteiger charge is -2.12. The van der Waals surface area contributed by atoms with Gasteiger partial charge in [0.15, 0.2) is 0 Å². The van der Waals surface area contributed by atoms with E-state index in [0.717, 1.165) is 4.90 Å². The molecule has 5 amide bonds. The molecule has 10 heteroatoms. The van der Waals surface area contributed by atoms with Gasteiger partial charge in [-0.2, -0.15) is 0 Å². The van der Waals surface area contributed by atoms with Gasteiger partial charge in [0.2, 0.25) is 17.7 Å². The third-order valence-electron chi connectivity index (χ3n) is 4.31. The van der Waals surface area contributed by atoms with Crippen molar-refractivity contribution in [3.05, 3.63) is 64.1 Å². The van der Waals surface area contributed by atoms with Gasteiger partial charge in [0.1, 0.15) is 0 Å². The molecule has 2 aromatic carbocycles. The van der Waals surface area contributed by atoms with E-state index in [1.165, 1.54) is 6.08 Å². The van der Waals surface area contributed by atoms with Gasteiger partial charge >= 0.3 is 6.03 Å². The van der Waals surface area contributed by atoms with E-state index < -0.39 is 6.03 Å². The monoisotopic (exact) mass is 460 g/mol. The van der Waals surface area contributed by atoms with Crippen molar-refractivity contribution in [2.45, 2.75) is 6.42 Å². The number of carbonyl (C=O) groups excluding carboxylic acids is 4. The van der Waals surface area contributed by atoms with Crippen molar-refractivity contribution in [2.24, 2.45) is 0 Å². The van der Waals surface area contributed by atoms with Gasteiger partial charge in [-0.3, -0.25) is 19.3 Å². The lowest BCUT2D eigenvalue weighted by Crippen LogP contribution is -2.33. The van der Waals surface area contributed by atoms with Crippen LogP contribution in [0.2, 0.25) is 10.0 Å². The van der Waals surface area contributed by atoms with E-state index in [2.05, 4.69) is 16.0 Å². The first-order chi connectivity index (χ1) is 14.8. The minimum Gasteiger partial charge on any atom is -0.329 e. The van der Waals surface area contributed by atoms with Crippen LogP contribution in [0.5, 0.6) is 0 Å². The number of amides is 5. The molecular weight excluding hydrogens is 443 g/mol. The molecule has 0 aromatic heterocycles.